The zero-order chi connectivity index (χ0) is 14.3. The quantitative estimate of drug-likeness (QED) is 0.921. The number of rotatable bonds is 2. The lowest BCUT2D eigenvalue weighted by molar-refractivity contribution is 0.591. The summed E-state index contributed by atoms with van der Waals surface area (Å²) in [4.78, 5) is 2.06. The number of anilines is 3. The molecule has 0 spiro atoms. The van der Waals surface area contributed by atoms with Crippen LogP contribution < -0.4 is 14.9 Å². The first-order valence-electron chi connectivity index (χ1n) is 6.17. The standard InChI is InChI=1S/C13H15N3O2S2/c1-15-6-7-16(12-5-3-2-4-11(12)15)20(17,18)13-8-10(14)9-19-13/h2-5,8-9H,6-7,14H2,1H3. The minimum atomic E-state index is -3.53. The fourth-order valence-corrected chi connectivity index (χ4v) is 4.97. The number of nitrogens with zero attached hydrogens (tertiary/aromatic N) is 2. The third-order valence-corrected chi connectivity index (χ3v) is 6.59. The molecule has 0 amide bonds. The molecule has 1 aliphatic rings. The minimum Gasteiger partial charge on any atom is -0.398 e. The van der Waals surface area contributed by atoms with Crippen molar-refractivity contribution in [2.24, 2.45) is 0 Å². The van der Waals surface area contributed by atoms with Crippen molar-refractivity contribution in [3.63, 3.8) is 0 Å². The van der Waals surface area contributed by atoms with Gasteiger partial charge in [-0.15, -0.1) is 11.3 Å². The first kappa shape index (κ1) is 13.3. The highest BCUT2D eigenvalue weighted by Crippen LogP contribution is 2.36. The summed E-state index contributed by atoms with van der Waals surface area (Å²) in [6.07, 6.45) is 0. The van der Waals surface area contributed by atoms with Crippen LogP contribution in [0.15, 0.2) is 39.9 Å². The van der Waals surface area contributed by atoms with E-state index in [9.17, 15) is 8.42 Å². The van der Waals surface area contributed by atoms with Gasteiger partial charge >= 0.3 is 0 Å². The Labute approximate surface area is 122 Å². The zero-order valence-electron chi connectivity index (χ0n) is 11.0. The molecule has 0 fully saturated rings. The van der Waals surface area contributed by atoms with Crippen molar-refractivity contribution in [2.45, 2.75) is 4.21 Å². The van der Waals surface area contributed by atoms with Gasteiger partial charge in [0.15, 0.2) is 0 Å². The molecule has 5 nitrogen and oxygen atoms in total. The highest BCUT2D eigenvalue weighted by atomic mass is 32.2. The van der Waals surface area contributed by atoms with E-state index in [4.69, 9.17) is 5.73 Å². The summed E-state index contributed by atoms with van der Waals surface area (Å²) >= 11 is 1.16. The van der Waals surface area contributed by atoms with Crippen LogP contribution in [0.4, 0.5) is 17.1 Å². The van der Waals surface area contributed by atoms with Crippen LogP contribution in [0.25, 0.3) is 0 Å². The lowest BCUT2D eigenvalue weighted by Gasteiger charge is -2.35. The number of para-hydroxylation sites is 2. The average Bonchev–Trinajstić information content (AvgIpc) is 2.87. The third-order valence-electron chi connectivity index (χ3n) is 3.34. The highest BCUT2D eigenvalue weighted by molar-refractivity contribution is 7.94. The van der Waals surface area contributed by atoms with Crippen LogP contribution in [0.1, 0.15) is 0 Å². The Bertz CT molecular complexity index is 740. The van der Waals surface area contributed by atoms with Crippen LogP contribution in [-0.4, -0.2) is 28.6 Å². The molecule has 0 bridgehead atoms. The van der Waals surface area contributed by atoms with E-state index in [2.05, 4.69) is 4.90 Å². The number of nitrogens with two attached hydrogens (primary N) is 1. The number of likely N-dealkylation sites (N-methyl/N-ethyl adjacent to an activating group) is 1. The summed E-state index contributed by atoms with van der Waals surface area (Å²) < 4.78 is 27.2. The number of benzene rings is 1. The fourth-order valence-electron chi connectivity index (χ4n) is 2.30. The van der Waals surface area contributed by atoms with Gasteiger partial charge in [-0.25, -0.2) is 8.42 Å². The average molecular weight is 309 g/mol. The first-order valence-corrected chi connectivity index (χ1v) is 8.49. The zero-order valence-corrected chi connectivity index (χ0v) is 12.6. The number of thiophene rings is 1. The van der Waals surface area contributed by atoms with Crippen LogP contribution in [0, 0.1) is 0 Å². The molecule has 0 saturated heterocycles. The minimum absolute atomic E-state index is 0.286. The Balaban J connectivity index is 2.10. The van der Waals surface area contributed by atoms with Gasteiger partial charge in [0.1, 0.15) is 4.21 Å². The van der Waals surface area contributed by atoms with Crippen molar-refractivity contribution in [2.75, 3.05) is 35.1 Å². The van der Waals surface area contributed by atoms with Crippen LogP contribution in [0.2, 0.25) is 0 Å². The van der Waals surface area contributed by atoms with E-state index in [0.717, 1.165) is 17.0 Å². The van der Waals surface area contributed by atoms with E-state index in [1.807, 2.05) is 31.3 Å². The van der Waals surface area contributed by atoms with Gasteiger partial charge in [-0.1, -0.05) is 12.1 Å². The molecule has 0 radical (unpaired) electrons. The Kier molecular flexibility index (Phi) is 3.10. The summed E-state index contributed by atoms with van der Waals surface area (Å²) in [5, 5.41) is 1.65. The molecule has 1 aliphatic heterocycles. The largest absolute Gasteiger partial charge is 0.398 e. The number of hydrogen-bond donors (Lipinski definition) is 1. The number of hydrogen-bond acceptors (Lipinski definition) is 5. The maximum absolute atomic E-state index is 12.7. The number of fused-ring (bicyclic) bond motifs is 1. The topological polar surface area (TPSA) is 66.6 Å². The molecule has 2 heterocycles. The summed E-state index contributed by atoms with van der Waals surface area (Å²) in [5.41, 5.74) is 7.76. The second-order valence-electron chi connectivity index (χ2n) is 4.69. The van der Waals surface area contributed by atoms with Crippen molar-refractivity contribution in [3.8, 4) is 0 Å². The Morgan fingerprint density at radius 3 is 2.55 bits per heavy atom. The fraction of sp³-hybridized carbons (Fsp3) is 0.231. The lowest BCUT2D eigenvalue weighted by Crippen LogP contribution is -2.42. The molecule has 0 atom stereocenters. The maximum atomic E-state index is 12.7. The summed E-state index contributed by atoms with van der Waals surface area (Å²) in [6, 6.07) is 9.04. The molecular formula is C13H15N3O2S2. The van der Waals surface area contributed by atoms with Crippen molar-refractivity contribution in [1.29, 1.82) is 0 Å². The van der Waals surface area contributed by atoms with Crippen LogP contribution in [0.5, 0.6) is 0 Å². The van der Waals surface area contributed by atoms with Crippen molar-refractivity contribution < 1.29 is 8.42 Å². The molecule has 1 aromatic heterocycles. The summed E-state index contributed by atoms with van der Waals surface area (Å²) in [7, 11) is -1.57. The SMILES string of the molecule is CN1CCN(S(=O)(=O)c2cc(N)cs2)c2ccccc21. The van der Waals surface area contributed by atoms with Gasteiger partial charge in [-0.3, -0.25) is 4.31 Å². The normalized spacial score (nSPS) is 15.2. The van der Waals surface area contributed by atoms with Gasteiger partial charge in [0.25, 0.3) is 10.0 Å². The monoisotopic (exact) mass is 309 g/mol. The van der Waals surface area contributed by atoms with Crippen LogP contribution >= 0.6 is 11.3 Å². The smallest absolute Gasteiger partial charge is 0.274 e. The maximum Gasteiger partial charge on any atom is 0.274 e. The molecule has 20 heavy (non-hydrogen) atoms. The van der Waals surface area contributed by atoms with Gasteiger partial charge < -0.3 is 10.6 Å². The molecule has 106 valence electrons. The van der Waals surface area contributed by atoms with Crippen molar-refractivity contribution in [1.82, 2.24) is 0 Å². The summed E-state index contributed by atoms with van der Waals surface area (Å²) in [6.45, 7) is 1.10. The van der Waals surface area contributed by atoms with E-state index >= 15 is 0 Å². The predicted molar refractivity (Wildman–Crippen MR) is 83.0 cm³/mol. The van der Waals surface area contributed by atoms with Crippen LogP contribution in [-0.2, 0) is 10.0 Å². The molecular weight excluding hydrogens is 294 g/mol. The van der Waals surface area contributed by atoms with Crippen molar-refractivity contribution in [3.05, 3.63) is 35.7 Å². The number of nitrogen functional groups attached to an aromatic ring is 1. The second-order valence-corrected chi connectivity index (χ2v) is 7.69. The second kappa shape index (κ2) is 4.68. The molecule has 3 rings (SSSR count). The molecule has 1 aromatic carbocycles. The third kappa shape index (κ3) is 2.03. The summed E-state index contributed by atoms with van der Waals surface area (Å²) in [5.74, 6) is 0. The Morgan fingerprint density at radius 1 is 1.20 bits per heavy atom. The molecule has 2 aromatic rings. The van der Waals surface area contributed by atoms with E-state index in [1.165, 1.54) is 10.4 Å². The van der Waals surface area contributed by atoms with E-state index in [0.29, 0.717) is 24.5 Å². The van der Waals surface area contributed by atoms with Crippen molar-refractivity contribution >= 4 is 38.4 Å². The molecule has 7 heteroatoms. The van der Waals surface area contributed by atoms with E-state index < -0.39 is 10.0 Å². The van der Waals surface area contributed by atoms with Gasteiger partial charge in [0.05, 0.1) is 17.9 Å². The van der Waals surface area contributed by atoms with E-state index in [1.54, 1.807) is 5.38 Å². The Morgan fingerprint density at radius 2 is 1.90 bits per heavy atom. The highest BCUT2D eigenvalue weighted by Gasteiger charge is 2.31. The predicted octanol–water partition coefficient (Wildman–Crippen LogP) is 1.98. The molecule has 0 unspecified atom stereocenters. The van der Waals surface area contributed by atoms with Crippen LogP contribution in [0.3, 0.4) is 0 Å². The first-order chi connectivity index (χ1) is 9.50. The van der Waals surface area contributed by atoms with Gasteiger partial charge in [-0.05, 0) is 18.2 Å². The molecule has 2 N–H and O–H groups in total. The number of sulfonamides is 1. The van der Waals surface area contributed by atoms with Gasteiger partial charge in [0.2, 0.25) is 0 Å². The molecule has 0 aliphatic carbocycles. The van der Waals surface area contributed by atoms with Gasteiger partial charge in [0, 0.05) is 24.7 Å². The van der Waals surface area contributed by atoms with E-state index in [-0.39, 0.29) is 4.21 Å². The Hall–Kier alpha value is -1.73. The molecule has 0 saturated carbocycles. The van der Waals surface area contributed by atoms with Gasteiger partial charge in [-0.2, -0.15) is 0 Å². The lowest BCUT2D eigenvalue weighted by atomic mass is 10.2.